The molecule has 1 saturated heterocycles. The summed E-state index contributed by atoms with van der Waals surface area (Å²) in [7, 11) is 0. The van der Waals surface area contributed by atoms with Crippen LogP contribution >= 0.6 is 0 Å². The summed E-state index contributed by atoms with van der Waals surface area (Å²) in [4.78, 5) is 12.0. The molecule has 0 unspecified atom stereocenters. The maximum absolute atomic E-state index is 12.0. The summed E-state index contributed by atoms with van der Waals surface area (Å²) in [6.45, 7) is 3.65. The summed E-state index contributed by atoms with van der Waals surface area (Å²) in [5, 5.41) is 14.7. The van der Waals surface area contributed by atoms with Crippen LogP contribution < -0.4 is 15.4 Å². The monoisotopic (exact) mass is 367 g/mol. The Labute approximate surface area is 155 Å². The topological polar surface area (TPSA) is 93.7 Å². The zero-order valence-corrected chi connectivity index (χ0v) is 15.1. The zero-order valence-electron chi connectivity index (χ0n) is 15.1. The maximum Gasteiger partial charge on any atom is 0.262 e. The number of hydrogen-bond acceptors (Lipinski definition) is 6. The van der Waals surface area contributed by atoms with E-state index in [0.29, 0.717) is 17.5 Å². The van der Waals surface area contributed by atoms with Gasteiger partial charge in [-0.15, -0.1) is 0 Å². The Bertz CT molecular complexity index is 998. The Hall–Kier alpha value is -2.87. The first-order chi connectivity index (χ1) is 13.2. The van der Waals surface area contributed by atoms with Crippen LogP contribution in [0.1, 0.15) is 25.0 Å². The van der Waals surface area contributed by atoms with E-state index in [0.717, 1.165) is 49.0 Å². The van der Waals surface area contributed by atoms with Gasteiger partial charge in [0.15, 0.2) is 5.82 Å². The molecule has 3 aromatic heterocycles. The molecule has 0 bridgehead atoms. The van der Waals surface area contributed by atoms with Crippen LogP contribution in [0.3, 0.4) is 0 Å². The van der Waals surface area contributed by atoms with Crippen molar-refractivity contribution < 1.29 is 14.1 Å². The Balaban J connectivity index is 1.44. The number of amides is 1. The number of pyridine rings is 1. The molecule has 1 atom stereocenters. The van der Waals surface area contributed by atoms with E-state index in [1.807, 2.05) is 31.3 Å². The minimum Gasteiger partial charge on any atom is -0.470 e. The van der Waals surface area contributed by atoms with E-state index in [2.05, 4.69) is 20.9 Å². The molecule has 2 aliphatic rings. The number of rotatable bonds is 5. The van der Waals surface area contributed by atoms with Gasteiger partial charge in [0, 0.05) is 24.7 Å². The molecule has 1 amide bonds. The van der Waals surface area contributed by atoms with Gasteiger partial charge < -0.3 is 19.9 Å². The number of anilines is 1. The molecule has 3 aromatic rings. The molecular formula is C19H21N5O3. The second-order valence-corrected chi connectivity index (χ2v) is 7.23. The molecule has 2 fully saturated rings. The van der Waals surface area contributed by atoms with Crippen molar-refractivity contribution >= 4 is 17.2 Å². The zero-order chi connectivity index (χ0) is 18.4. The first-order valence-electron chi connectivity index (χ1n) is 9.32. The number of fused-ring (bicyclic) bond motifs is 1. The van der Waals surface area contributed by atoms with Gasteiger partial charge in [0.05, 0.1) is 11.1 Å². The number of carbonyl (C=O) groups excluding carboxylic acids is 1. The van der Waals surface area contributed by atoms with Crippen molar-refractivity contribution in [2.75, 3.05) is 18.4 Å². The first kappa shape index (κ1) is 16.3. The van der Waals surface area contributed by atoms with E-state index in [4.69, 9.17) is 9.26 Å². The lowest BCUT2D eigenvalue weighted by molar-refractivity contribution is -0.117. The number of nitrogens with zero attached hydrogens (tertiary/aromatic N) is 3. The third kappa shape index (κ3) is 3.16. The molecular weight excluding hydrogens is 346 g/mol. The van der Waals surface area contributed by atoms with Gasteiger partial charge in [0.25, 0.3) is 5.88 Å². The molecule has 8 heteroatoms. The minimum atomic E-state index is 0.0503. The Morgan fingerprint density at radius 1 is 1.37 bits per heavy atom. The van der Waals surface area contributed by atoms with Crippen molar-refractivity contribution in [3.05, 3.63) is 30.2 Å². The second kappa shape index (κ2) is 6.38. The Morgan fingerprint density at radius 3 is 3.04 bits per heavy atom. The smallest absolute Gasteiger partial charge is 0.262 e. The standard InChI is InChI=1S/C19H21N5O3/c1-11-17(19(23-27-11)26-15-4-6-20-10-15)13-5-7-24-14(8-13)9-16(22-24)21-18(25)12-2-3-12/h5,7-9,12,15,20H,2-4,6,10H2,1H3,(H,21,22,25)/t15-/m0/s1. The van der Waals surface area contributed by atoms with Crippen LogP contribution in [0, 0.1) is 12.8 Å². The lowest BCUT2D eigenvalue weighted by Gasteiger charge is -2.11. The Morgan fingerprint density at radius 2 is 2.26 bits per heavy atom. The fourth-order valence-corrected chi connectivity index (χ4v) is 3.43. The van der Waals surface area contributed by atoms with Crippen molar-refractivity contribution in [1.82, 2.24) is 20.1 Å². The quantitative estimate of drug-likeness (QED) is 0.719. The lowest BCUT2D eigenvalue weighted by atomic mass is 10.1. The van der Waals surface area contributed by atoms with E-state index in [-0.39, 0.29) is 17.9 Å². The van der Waals surface area contributed by atoms with Crippen LogP contribution in [-0.2, 0) is 4.79 Å². The molecule has 1 aliphatic heterocycles. The van der Waals surface area contributed by atoms with Gasteiger partial charge in [-0.2, -0.15) is 5.10 Å². The van der Waals surface area contributed by atoms with Crippen LogP contribution in [0.15, 0.2) is 28.9 Å². The van der Waals surface area contributed by atoms with E-state index in [1.165, 1.54) is 0 Å². The number of hydrogen-bond donors (Lipinski definition) is 2. The van der Waals surface area contributed by atoms with Gasteiger partial charge in [-0.3, -0.25) is 4.79 Å². The molecule has 4 heterocycles. The summed E-state index contributed by atoms with van der Waals surface area (Å²) in [5.41, 5.74) is 2.68. The van der Waals surface area contributed by atoms with Crippen LogP contribution in [0.25, 0.3) is 16.6 Å². The van der Waals surface area contributed by atoms with E-state index >= 15 is 0 Å². The molecule has 8 nitrogen and oxygen atoms in total. The minimum absolute atomic E-state index is 0.0503. The predicted molar refractivity (Wildman–Crippen MR) is 98.7 cm³/mol. The lowest BCUT2D eigenvalue weighted by Crippen LogP contribution is -2.20. The molecule has 27 heavy (non-hydrogen) atoms. The normalized spacial score (nSPS) is 19.5. The van der Waals surface area contributed by atoms with Crippen molar-refractivity contribution in [2.45, 2.75) is 32.3 Å². The highest BCUT2D eigenvalue weighted by Crippen LogP contribution is 2.35. The molecule has 1 aliphatic carbocycles. The largest absolute Gasteiger partial charge is 0.470 e. The van der Waals surface area contributed by atoms with Crippen molar-refractivity contribution in [3.63, 3.8) is 0 Å². The van der Waals surface area contributed by atoms with Crippen LogP contribution in [0.2, 0.25) is 0 Å². The molecule has 140 valence electrons. The van der Waals surface area contributed by atoms with Crippen LogP contribution in [-0.4, -0.2) is 39.9 Å². The second-order valence-electron chi connectivity index (χ2n) is 7.23. The highest BCUT2D eigenvalue weighted by molar-refractivity contribution is 5.93. The van der Waals surface area contributed by atoms with Gasteiger partial charge >= 0.3 is 0 Å². The van der Waals surface area contributed by atoms with E-state index in [9.17, 15) is 4.79 Å². The fourth-order valence-electron chi connectivity index (χ4n) is 3.43. The van der Waals surface area contributed by atoms with Gasteiger partial charge in [0.1, 0.15) is 11.9 Å². The number of carbonyl (C=O) groups is 1. The van der Waals surface area contributed by atoms with Crippen LogP contribution in [0.4, 0.5) is 5.82 Å². The summed E-state index contributed by atoms with van der Waals surface area (Å²) in [5.74, 6) is 2.00. The number of aryl methyl sites for hydroxylation is 1. The van der Waals surface area contributed by atoms with Gasteiger partial charge in [-0.05, 0) is 55.6 Å². The summed E-state index contributed by atoms with van der Waals surface area (Å²) < 4.78 is 13.2. The van der Waals surface area contributed by atoms with E-state index in [1.54, 1.807) is 4.52 Å². The number of ether oxygens (including phenoxy) is 1. The predicted octanol–water partition coefficient (Wildman–Crippen LogP) is 2.39. The highest BCUT2D eigenvalue weighted by atomic mass is 16.5. The molecule has 0 aromatic carbocycles. The van der Waals surface area contributed by atoms with Gasteiger partial charge in [0.2, 0.25) is 5.91 Å². The first-order valence-corrected chi connectivity index (χ1v) is 9.32. The van der Waals surface area contributed by atoms with Crippen molar-refractivity contribution in [2.24, 2.45) is 5.92 Å². The molecule has 0 radical (unpaired) electrons. The third-order valence-corrected chi connectivity index (χ3v) is 5.08. The van der Waals surface area contributed by atoms with Crippen LogP contribution in [0.5, 0.6) is 5.88 Å². The van der Waals surface area contributed by atoms with E-state index < -0.39 is 0 Å². The Kier molecular flexibility index (Phi) is 3.86. The highest BCUT2D eigenvalue weighted by Gasteiger charge is 2.30. The van der Waals surface area contributed by atoms with Crippen molar-refractivity contribution in [3.8, 4) is 17.0 Å². The molecule has 1 saturated carbocycles. The molecule has 0 spiro atoms. The van der Waals surface area contributed by atoms with Crippen molar-refractivity contribution in [1.29, 1.82) is 0 Å². The maximum atomic E-state index is 12.0. The summed E-state index contributed by atoms with van der Waals surface area (Å²) in [6, 6.07) is 5.82. The third-order valence-electron chi connectivity index (χ3n) is 5.08. The fraction of sp³-hybridized carbons (Fsp3) is 0.421. The number of aromatic nitrogens is 3. The summed E-state index contributed by atoms with van der Waals surface area (Å²) >= 11 is 0. The average molecular weight is 367 g/mol. The number of nitrogens with one attached hydrogen (secondary N) is 2. The molecule has 5 rings (SSSR count). The van der Waals surface area contributed by atoms with Gasteiger partial charge in [-0.25, -0.2) is 4.52 Å². The molecule has 2 N–H and O–H groups in total. The average Bonchev–Trinajstić information content (AvgIpc) is 3.06. The summed E-state index contributed by atoms with van der Waals surface area (Å²) in [6.07, 6.45) is 4.86. The SMILES string of the molecule is Cc1onc(O[C@H]2CCNC2)c1-c1ccn2nc(NC(=O)C3CC3)cc2c1. The van der Waals surface area contributed by atoms with Gasteiger partial charge in [-0.1, -0.05) is 0 Å².